The molecule has 2 aromatic rings. The number of halogens is 1. The van der Waals surface area contributed by atoms with Gasteiger partial charge in [-0.25, -0.2) is 9.97 Å². The van der Waals surface area contributed by atoms with Crippen LogP contribution in [0, 0.1) is 13.8 Å². The van der Waals surface area contributed by atoms with Crippen LogP contribution in [0.1, 0.15) is 17.1 Å². The molecule has 0 radical (unpaired) electrons. The SMILES string of the molecule is Cc1ncc(CNc2cnc(Br)c(C)c2)[nH]1. The number of anilines is 1. The first-order chi connectivity index (χ1) is 7.65. The van der Waals surface area contributed by atoms with Gasteiger partial charge in [0.15, 0.2) is 0 Å². The molecule has 2 heterocycles. The number of hydrogen-bond acceptors (Lipinski definition) is 3. The Morgan fingerprint density at radius 3 is 2.75 bits per heavy atom. The molecule has 0 unspecified atom stereocenters. The van der Waals surface area contributed by atoms with Crippen LogP contribution in [0.5, 0.6) is 0 Å². The molecule has 0 bridgehead atoms. The molecule has 4 nitrogen and oxygen atoms in total. The van der Waals surface area contributed by atoms with Crippen LogP contribution in [0.2, 0.25) is 0 Å². The quantitative estimate of drug-likeness (QED) is 0.851. The third-order valence-corrected chi connectivity index (χ3v) is 3.08. The van der Waals surface area contributed by atoms with Gasteiger partial charge in [0.25, 0.3) is 0 Å². The van der Waals surface area contributed by atoms with Crippen molar-refractivity contribution in [2.45, 2.75) is 20.4 Å². The van der Waals surface area contributed by atoms with Crippen LogP contribution in [0.15, 0.2) is 23.1 Å². The van der Waals surface area contributed by atoms with E-state index in [4.69, 9.17) is 0 Å². The molecule has 0 spiro atoms. The first-order valence-corrected chi connectivity index (χ1v) is 5.81. The first-order valence-electron chi connectivity index (χ1n) is 5.01. The predicted molar refractivity (Wildman–Crippen MR) is 67.3 cm³/mol. The number of imidazole rings is 1. The van der Waals surface area contributed by atoms with Crippen molar-refractivity contribution in [2.75, 3.05) is 5.32 Å². The highest BCUT2D eigenvalue weighted by molar-refractivity contribution is 9.10. The van der Waals surface area contributed by atoms with E-state index in [2.05, 4.69) is 42.3 Å². The van der Waals surface area contributed by atoms with Crippen molar-refractivity contribution in [3.8, 4) is 0 Å². The molecule has 0 aliphatic heterocycles. The molecule has 0 saturated carbocycles. The number of nitrogens with one attached hydrogen (secondary N) is 2. The topological polar surface area (TPSA) is 53.6 Å². The second-order valence-corrected chi connectivity index (χ2v) is 4.43. The lowest BCUT2D eigenvalue weighted by Gasteiger charge is -2.06. The summed E-state index contributed by atoms with van der Waals surface area (Å²) >= 11 is 3.37. The van der Waals surface area contributed by atoms with Gasteiger partial charge in [0.1, 0.15) is 10.4 Å². The van der Waals surface area contributed by atoms with Gasteiger partial charge in [-0.15, -0.1) is 0 Å². The summed E-state index contributed by atoms with van der Waals surface area (Å²) in [6, 6.07) is 2.06. The van der Waals surface area contributed by atoms with E-state index in [1.807, 2.05) is 20.0 Å². The van der Waals surface area contributed by atoms with Crippen LogP contribution in [-0.2, 0) is 6.54 Å². The molecule has 0 saturated heterocycles. The van der Waals surface area contributed by atoms with E-state index in [-0.39, 0.29) is 0 Å². The van der Waals surface area contributed by atoms with Gasteiger partial charge < -0.3 is 10.3 Å². The van der Waals surface area contributed by atoms with Crippen molar-refractivity contribution in [1.29, 1.82) is 0 Å². The lowest BCUT2D eigenvalue weighted by Crippen LogP contribution is -2.00. The van der Waals surface area contributed by atoms with E-state index in [1.54, 1.807) is 6.20 Å². The van der Waals surface area contributed by atoms with Gasteiger partial charge in [-0.05, 0) is 41.4 Å². The Morgan fingerprint density at radius 1 is 1.31 bits per heavy atom. The standard InChI is InChI=1S/C11H13BrN4/c1-7-3-9(4-15-11(7)12)14-6-10-5-13-8(2)16-10/h3-5,14H,6H2,1-2H3,(H,13,16). The van der Waals surface area contributed by atoms with Crippen LogP contribution < -0.4 is 5.32 Å². The summed E-state index contributed by atoms with van der Waals surface area (Å²) in [6.45, 7) is 4.68. The number of aromatic amines is 1. The summed E-state index contributed by atoms with van der Waals surface area (Å²) in [7, 11) is 0. The zero-order valence-electron chi connectivity index (χ0n) is 9.21. The van der Waals surface area contributed by atoms with Crippen molar-refractivity contribution in [1.82, 2.24) is 15.0 Å². The molecule has 16 heavy (non-hydrogen) atoms. The van der Waals surface area contributed by atoms with Gasteiger partial charge in [-0.3, -0.25) is 0 Å². The average Bonchev–Trinajstić information content (AvgIpc) is 2.66. The van der Waals surface area contributed by atoms with Crippen LogP contribution in [0.25, 0.3) is 0 Å². The summed E-state index contributed by atoms with van der Waals surface area (Å²) in [5.41, 5.74) is 3.19. The average molecular weight is 281 g/mol. The highest BCUT2D eigenvalue weighted by Gasteiger charge is 2.00. The molecule has 2 aromatic heterocycles. The maximum absolute atomic E-state index is 4.22. The molecule has 0 fully saturated rings. The molecular formula is C11H13BrN4. The van der Waals surface area contributed by atoms with E-state index in [1.165, 1.54) is 0 Å². The van der Waals surface area contributed by atoms with Gasteiger partial charge in [0.05, 0.1) is 30.3 Å². The Kier molecular flexibility index (Phi) is 3.24. The predicted octanol–water partition coefficient (Wildman–Crippen LogP) is 2.80. The van der Waals surface area contributed by atoms with Gasteiger partial charge in [0.2, 0.25) is 0 Å². The Hall–Kier alpha value is -1.36. The fraction of sp³-hybridized carbons (Fsp3) is 0.273. The van der Waals surface area contributed by atoms with Crippen molar-refractivity contribution >= 4 is 21.6 Å². The van der Waals surface area contributed by atoms with Gasteiger partial charge in [-0.2, -0.15) is 0 Å². The molecule has 84 valence electrons. The second-order valence-electron chi connectivity index (χ2n) is 3.68. The Morgan fingerprint density at radius 2 is 2.12 bits per heavy atom. The van der Waals surface area contributed by atoms with Crippen molar-refractivity contribution in [2.24, 2.45) is 0 Å². The highest BCUT2D eigenvalue weighted by Crippen LogP contribution is 2.17. The summed E-state index contributed by atoms with van der Waals surface area (Å²) < 4.78 is 0.885. The fourth-order valence-corrected chi connectivity index (χ4v) is 1.63. The molecule has 0 aliphatic carbocycles. The van der Waals surface area contributed by atoms with E-state index >= 15 is 0 Å². The molecule has 5 heteroatoms. The second kappa shape index (κ2) is 4.65. The monoisotopic (exact) mass is 280 g/mol. The largest absolute Gasteiger partial charge is 0.378 e. The Balaban J connectivity index is 2.02. The number of hydrogen-bond donors (Lipinski definition) is 2. The lowest BCUT2D eigenvalue weighted by molar-refractivity contribution is 1.04. The molecule has 0 aromatic carbocycles. The van der Waals surface area contributed by atoms with E-state index in [0.29, 0.717) is 0 Å². The maximum Gasteiger partial charge on any atom is 0.109 e. The molecule has 0 atom stereocenters. The van der Waals surface area contributed by atoms with Crippen LogP contribution in [0.3, 0.4) is 0 Å². The number of aromatic nitrogens is 3. The molecule has 0 amide bonds. The third kappa shape index (κ3) is 2.61. The van der Waals surface area contributed by atoms with Gasteiger partial charge in [0, 0.05) is 0 Å². The van der Waals surface area contributed by atoms with Crippen molar-refractivity contribution < 1.29 is 0 Å². The highest BCUT2D eigenvalue weighted by atomic mass is 79.9. The van der Waals surface area contributed by atoms with E-state index in [9.17, 15) is 0 Å². The zero-order chi connectivity index (χ0) is 11.5. The summed E-state index contributed by atoms with van der Waals surface area (Å²) in [5, 5.41) is 3.29. The Bertz CT molecular complexity index is 492. The molecule has 2 rings (SSSR count). The van der Waals surface area contributed by atoms with E-state index in [0.717, 1.165) is 33.9 Å². The smallest absolute Gasteiger partial charge is 0.109 e. The minimum Gasteiger partial charge on any atom is -0.378 e. The van der Waals surface area contributed by atoms with Crippen LogP contribution >= 0.6 is 15.9 Å². The van der Waals surface area contributed by atoms with Gasteiger partial charge in [-0.1, -0.05) is 0 Å². The lowest BCUT2D eigenvalue weighted by atomic mass is 10.3. The third-order valence-electron chi connectivity index (χ3n) is 2.25. The van der Waals surface area contributed by atoms with Crippen LogP contribution in [-0.4, -0.2) is 15.0 Å². The van der Waals surface area contributed by atoms with Crippen LogP contribution in [0.4, 0.5) is 5.69 Å². The number of rotatable bonds is 3. The van der Waals surface area contributed by atoms with Crippen molar-refractivity contribution in [3.63, 3.8) is 0 Å². The molecule has 2 N–H and O–H groups in total. The number of pyridine rings is 1. The first kappa shape index (κ1) is 11.1. The number of nitrogens with zero attached hydrogens (tertiary/aromatic N) is 2. The zero-order valence-corrected chi connectivity index (χ0v) is 10.8. The van der Waals surface area contributed by atoms with Crippen molar-refractivity contribution in [3.05, 3.63) is 40.1 Å². The van der Waals surface area contributed by atoms with Gasteiger partial charge >= 0.3 is 0 Å². The summed E-state index contributed by atoms with van der Waals surface area (Å²) in [6.07, 6.45) is 3.64. The molecule has 0 aliphatic rings. The number of aryl methyl sites for hydroxylation is 2. The Labute approximate surface area is 103 Å². The maximum atomic E-state index is 4.22. The fourth-order valence-electron chi connectivity index (χ4n) is 1.41. The minimum atomic E-state index is 0.726. The number of H-pyrrole nitrogens is 1. The summed E-state index contributed by atoms with van der Waals surface area (Å²) in [4.78, 5) is 11.5. The summed E-state index contributed by atoms with van der Waals surface area (Å²) in [5.74, 6) is 0.932. The molecular weight excluding hydrogens is 268 g/mol. The van der Waals surface area contributed by atoms with E-state index < -0.39 is 0 Å². The normalized spacial score (nSPS) is 10.4. The minimum absolute atomic E-state index is 0.726.